The van der Waals surface area contributed by atoms with E-state index in [4.69, 9.17) is 4.74 Å². The van der Waals surface area contributed by atoms with E-state index in [2.05, 4.69) is 32.0 Å². The Balaban J connectivity index is 1.26. The fraction of sp³-hybridized carbons (Fsp3) is 0.303. The number of nitrogens with one attached hydrogen (secondary N) is 1. The average Bonchev–Trinajstić information content (AvgIpc) is 3.00. The number of likely N-dealkylation sites (N-methyl/N-ethyl adjacent to an activating group) is 1. The molecule has 1 saturated heterocycles. The van der Waals surface area contributed by atoms with Gasteiger partial charge in [-0.15, -0.1) is 0 Å². The minimum atomic E-state index is -0.378. The van der Waals surface area contributed by atoms with Gasteiger partial charge in [-0.2, -0.15) is 0 Å². The molecule has 218 valence electrons. The average molecular weight is 569 g/mol. The standard InChI is InChI=1S/C33H37FN6O2/c1-23-20-40(21-26-27(34)9-7-12-30(26)42-31-11-6-5-10-28(31)38(2)3)22-29(39(23)4)33(41)37-19-24-13-15-25(16-14-24)32-35-17-8-18-36-32/h5-18,23,29H,19-22H2,1-4H3,(H,37,41). The van der Waals surface area contributed by atoms with Crippen LogP contribution in [0.25, 0.3) is 11.4 Å². The predicted molar refractivity (Wildman–Crippen MR) is 163 cm³/mol. The molecule has 0 saturated carbocycles. The number of nitrogens with zero attached hydrogens (tertiary/aromatic N) is 5. The SMILES string of the molecule is CC1CN(Cc2c(F)cccc2Oc2ccccc2N(C)C)CC(C(=O)NCc2ccc(-c3ncccn3)cc2)N1C. The molecule has 1 amide bonds. The molecule has 5 rings (SSSR count). The van der Waals surface area contributed by atoms with Gasteiger partial charge in [0, 0.05) is 69.8 Å². The molecule has 0 radical (unpaired) electrons. The van der Waals surface area contributed by atoms with Crippen molar-refractivity contribution in [3.8, 4) is 22.9 Å². The van der Waals surface area contributed by atoms with Gasteiger partial charge in [0.15, 0.2) is 11.6 Å². The van der Waals surface area contributed by atoms with E-state index in [1.807, 2.05) is 74.6 Å². The number of carbonyl (C=O) groups excluding carboxylic acids is 1. The van der Waals surface area contributed by atoms with Crippen molar-refractivity contribution in [2.75, 3.05) is 39.1 Å². The van der Waals surface area contributed by atoms with Crippen LogP contribution in [0.5, 0.6) is 11.5 Å². The number of anilines is 1. The second-order valence-corrected chi connectivity index (χ2v) is 10.9. The second-order valence-electron chi connectivity index (χ2n) is 10.9. The van der Waals surface area contributed by atoms with E-state index in [9.17, 15) is 4.79 Å². The Labute approximate surface area is 246 Å². The molecular formula is C33H37FN6O2. The molecule has 2 atom stereocenters. The molecule has 2 unspecified atom stereocenters. The van der Waals surface area contributed by atoms with Crippen molar-refractivity contribution < 1.29 is 13.9 Å². The molecule has 1 aliphatic heterocycles. The zero-order valence-corrected chi connectivity index (χ0v) is 24.5. The van der Waals surface area contributed by atoms with Crippen molar-refractivity contribution in [2.24, 2.45) is 0 Å². The molecule has 3 aromatic carbocycles. The van der Waals surface area contributed by atoms with Gasteiger partial charge in [0.25, 0.3) is 0 Å². The Morgan fingerprint density at radius 2 is 1.69 bits per heavy atom. The van der Waals surface area contributed by atoms with Crippen molar-refractivity contribution >= 4 is 11.6 Å². The third-order valence-electron chi connectivity index (χ3n) is 7.71. The molecule has 0 bridgehead atoms. The van der Waals surface area contributed by atoms with Crippen LogP contribution in [0, 0.1) is 5.82 Å². The van der Waals surface area contributed by atoms with E-state index in [0.717, 1.165) is 16.8 Å². The van der Waals surface area contributed by atoms with E-state index in [0.29, 0.717) is 49.1 Å². The maximum atomic E-state index is 15.2. The zero-order valence-electron chi connectivity index (χ0n) is 24.5. The van der Waals surface area contributed by atoms with Gasteiger partial charge in [0.1, 0.15) is 17.6 Å². The largest absolute Gasteiger partial charge is 0.455 e. The van der Waals surface area contributed by atoms with Gasteiger partial charge >= 0.3 is 0 Å². The van der Waals surface area contributed by atoms with Gasteiger partial charge in [0.2, 0.25) is 5.91 Å². The summed E-state index contributed by atoms with van der Waals surface area (Å²) in [6, 6.07) is 22.0. The molecule has 1 aromatic heterocycles. The van der Waals surface area contributed by atoms with E-state index in [-0.39, 0.29) is 23.8 Å². The van der Waals surface area contributed by atoms with E-state index in [1.54, 1.807) is 30.6 Å². The predicted octanol–water partition coefficient (Wildman–Crippen LogP) is 4.96. The molecule has 1 aliphatic rings. The van der Waals surface area contributed by atoms with Gasteiger partial charge in [0.05, 0.1) is 5.69 Å². The Bertz CT molecular complexity index is 1500. The lowest BCUT2D eigenvalue weighted by atomic mass is 10.0. The summed E-state index contributed by atoms with van der Waals surface area (Å²) in [4.78, 5) is 28.1. The lowest BCUT2D eigenvalue weighted by molar-refractivity contribution is -0.130. The smallest absolute Gasteiger partial charge is 0.238 e. The van der Waals surface area contributed by atoms with Gasteiger partial charge in [-0.25, -0.2) is 14.4 Å². The number of amides is 1. The molecule has 8 nitrogen and oxygen atoms in total. The molecule has 1 fully saturated rings. The number of hydrogen-bond donors (Lipinski definition) is 1. The van der Waals surface area contributed by atoms with Gasteiger partial charge in [-0.3, -0.25) is 14.6 Å². The first-order chi connectivity index (χ1) is 20.3. The fourth-order valence-electron chi connectivity index (χ4n) is 5.22. The number of para-hydroxylation sites is 2. The topological polar surface area (TPSA) is 73.8 Å². The fourth-order valence-corrected chi connectivity index (χ4v) is 5.22. The number of halogens is 1. The molecule has 9 heteroatoms. The quantitative estimate of drug-likeness (QED) is 0.306. The number of aromatic nitrogens is 2. The van der Waals surface area contributed by atoms with Crippen molar-refractivity contribution in [3.63, 3.8) is 0 Å². The number of ether oxygens (including phenoxy) is 1. The maximum Gasteiger partial charge on any atom is 0.238 e. The second kappa shape index (κ2) is 13.1. The summed E-state index contributed by atoms with van der Waals surface area (Å²) >= 11 is 0. The summed E-state index contributed by atoms with van der Waals surface area (Å²) < 4.78 is 21.5. The lowest BCUT2D eigenvalue weighted by Crippen LogP contribution is -2.60. The minimum absolute atomic E-state index is 0.0607. The van der Waals surface area contributed by atoms with Crippen LogP contribution in [0.3, 0.4) is 0 Å². The van der Waals surface area contributed by atoms with Crippen LogP contribution in [0.15, 0.2) is 85.2 Å². The first kappa shape index (κ1) is 29.2. The summed E-state index contributed by atoms with van der Waals surface area (Å²) in [5, 5.41) is 3.09. The number of rotatable bonds is 9. The van der Waals surface area contributed by atoms with Crippen LogP contribution < -0.4 is 15.0 Å². The van der Waals surface area contributed by atoms with Crippen molar-refractivity contribution in [2.45, 2.75) is 32.1 Å². The summed E-state index contributed by atoms with van der Waals surface area (Å²) in [5.74, 6) is 1.40. The van der Waals surface area contributed by atoms with E-state index < -0.39 is 0 Å². The first-order valence-corrected chi connectivity index (χ1v) is 14.1. The van der Waals surface area contributed by atoms with Crippen LogP contribution in [0.4, 0.5) is 10.1 Å². The zero-order chi connectivity index (χ0) is 29.6. The Morgan fingerprint density at radius 3 is 2.43 bits per heavy atom. The molecule has 4 aromatic rings. The first-order valence-electron chi connectivity index (χ1n) is 14.1. The summed E-state index contributed by atoms with van der Waals surface area (Å²) in [5.41, 5.74) is 3.28. The van der Waals surface area contributed by atoms with Gasteiger partial charge in [-0.05, 0) is 49.9 Å². The lowest BCUT2D eigenvalue weighted by Gasteiger charge is -2.43. The Kier molecular flexibility index (Phi) is 9.09. The maximum absolute atomic E-state index is 15.2. The molecule has 0 aliphatic carbocycles. The van der Waals surface area contributed by atoms with Crippen LogP contribution in [0.1, 0.15) is 18.1 Å². The minimum Gasteiger partial charge on any atom is -0.455 e. The monoisotopic (exact) mass is 568 g/mol. The van der Waals surface area contributed by atoms with Gasteiger partial charge in [-0.1, -0.05) is 42.5 Å². The summed E-state index contributed by atoms with van der Waals surface area (Å²) in [6.45, 7) is 3.99. The summed E-state index contributed by atoms with van der Waals surface area (Å²) in [6.07, 6.45) is 3.43. The molecule has 2 heterocycles. The highest BCUT2D eigenvalue weighted by Crippen LogP contribution is 2.34. The van der Waals surface area contributed by atoms with Crippen LogP contribution in [0.2, 0.25) is 0 Å². The molecule has 0 spiro atoms. The van der Waals surface area contributed by atoms with Crippen molar-refractivity contribution in [1.29, 1.82) is 0 Å². The number of carbonyl (C=O) groups is 1. The third-order valence-corrected chi connectivity index (χ3v) is 7.71. The van der Waals surface area contributed by atoms with Crippen LogP contribution in [-0.2, 0) is 17.9 Å². The van der Waals surface area contributed by atoms with E-state index in [1.165, 1.54) is 6.07 Å². The Hall–Kier alpha value is -4.34. The number of hydrogen-bond acceptors (Lipinski definition) is 7. The number of piperazine rings is 1. The Morgan fingerprint density at radius 1 is 0.976 bits per heavy atom. The highest BCUT2D eigenvalue weighted by Gasteiger charge is 2.34. The highest BCUT2D eigenvalue weighted by atomic mass is 19.1. The van der Waals surface area contributed by atoms with Crippen molar-refractivity contribution in [3.05, 3.63) is 102 Å². The molecule has 1 N–H and O–H groups in total. The normalized spacial score (nSPS) is 17.5. The third kappa shape index (κ3) is 6.75. The molecular weight excluding hydrogens is 531 g/mol. The van der Waals surface area contributed by atoms with Gasteiger partial charge < -0.3 is 15.0 Å². The van der Waals surface area contributed by atoms with E-state index >= 15 is 4.39 Å². The van der Waals surface area contributed by atoms with Crippen LogP contribution in [-0.4, -0.2) is 72.0 Å². The summed E-state index contributed by atoms with van der Waals surface area (Å²) in [7, 11) is 5.86. The van der Waals surface area contributed by atoms with Crippen molar-refractivity contribution in [1.82, 2.24) is 25.1 Å². The highest BCUT2D eigenvalue weighted by molar-refractivity contribution is 5.82. The van der Waals surface area contributed by atoms with Crippen LogP contribution >= 0.6 is 0 Å². The number of benzene rings is 3. The molecule has 42 heavy (non-hydrogen) atoms.